The molecule has 0 unspecified atom stereocenters. The van der Waals surface area contributed by atoms with Crippen molar-refractivity contribution in [1.29, 1.82) is 0 Å². The van der Waals surface area contributed by atoms with Gasteiger partial charge in [0, 0.05) is 18.2 Å². The third-order valence-corrected chi connectivity index (χ3v) is 6.49. The van der Waals surface area contributed by atoms with Crippen LogP contribution in [0, 0.1) is 10.1 Å². The zero-order valence-electron chi connectivity index (χ0n) is 13.6. The number of hydrogen-bond donors (Lipinski definition) is 1. The first-order valence-corrected chi connectivity index (χ1v) is 9.65. The van der Waals surface area contributed by atoms with Crippen LogP contribution in [0.15, 0.2) is 29.2 Å². The van der Waals surface area contributed by atoms with Crippen molar-refractivity contribution in [3.05, 3.63) is 34.4 Å². The lowest BCUT2D eigenvalue weighted by atomic mass is 10.1. The molecule has 1 fully saturated rings. The van der Waals surface area contributed by atoms with Gasteiger partial charge in [-0.2, -0.15) is 0 Å². The van der Waals surface area contributed by atoms with Crippen molar-refractivity contribution in [2.75, 3.05) is 0 Å². The highest BCUT2D eigenvalue weighted by Crippen LogP contribution is 2.21. The summed E-state index contributed by atoms with van der Waals surface area (Å²) in [5.74, 6) is -0.514. The number of nitrogens with zero attached hydrogens (tertiary/aromatic N) is 1. The molecule has 8 heteroatoms. The van der Waals surface area contributed by atoms with Crippen LogP contribution in [0.3, 0.4) is 0 Å². The first-order valence-electron chi connectivity index (χ1n) is 8.11. The molecular formula is C16H22N2O5S. The minimum absolute atomic E-state index is 0.0227. The maximum Gasteiger partial charge on any atom is 0.269 e. The Morgan fingerprint density at radius 1 is 1.17 bits per heavy atom. The Morgan fingerprint density at radius 2 is 1.71 bits per heavy atom. The number of non-ortho nitro benzene ring substituents is 1. The van der Waals surface area contributed by atoms with Gasteiger partial charge in [-0.1, -0.05) is 25.7 Å². The second kappa shape index (κ2) is 7.74. The average molecular weight is 354 g/mol. The number of benzene rings is 1. The summed E-state index contributed by atoms with van der Waals surface area (Å²) in [5.41, 5.74) is -0.190. The zero-order chi connectivity index (χ0) is 17.7. The number of nitro groups is 1. The first-order chi connectivity index (χ1) is 11.3. The van der Waals surface area contributed by atoms with E-state index in [1.54, 1.807) is 0 Å². The van der Waals surface area contributed by atoms with Crippen molar-refractivity contribution in [3.63, 3.8) is 0 Å². The summed E-state index contributed by atoms with van der Waals surface area (Å²) in [4.78, 5) is 22.3. The molecule has 24 heavy (non-hydrogen) atoms. The number of nitrogens with one attached hydrogen (secondary N) is 1. The van der Waals surface area contributed by atoms with Crippen molar-refractivity contribution < 1.29 is 18.1 Å². The number of carbonyl (C=O) groups excluding carboxylic acids is 1. The highest BCUT2D eigenvalue weighted by Gasteiger charge is 2.31. The molecule has 0 spiro atoms. The van der Waals surface area contributed by atoms with Crippen LogP contribution >= 0.6 is 0 Å². The standard InChI is InChI=1S/C16H22N2O5S/c1-12(16(19)17-13-6-4-2-3-5-7-13)24(22,23)15-10-8-14(9-11-15)18(20)21/h8-13H,2-7H2,1H3,(H,17,19)/t12-/m1/s1. The Hall–Kier alpha value is -1.96. The fourth-order valence-electron chi connectivity index (χ4n) is 2.84. The molecule has 0 bridgehead atoms. The van der Waals surface area contributed by atoms with E-state index in [0.717, 1.165) is 50.7 Å². The molecule has 132 valence electrons. The molecule has 0 aliphatic heterocycles. The van der Waals surface area contributed by atoms with Crippen molar-refractivity contribution in [3.8, 4) is 0 Å². The highest BCUT2D eigenvalue weighted by molar-refractivity contribution is 7.92. The fraction of sp³-hybridized carbons (Fsp3) is 0.562. The molecule has 7 nitrogen and oxygen atoms in total. The minimum Gasteiger partial charge on any atom is -0.352 e. The van der Waals surface area contributed by atoms with E-state index in [4.69, 9.17) is 0 Å². The zero-order valence-corrected chi connectivity index (χ0v) is 14.4. The van der Waals surface area contributed by atoms with Crippen LogP contribution < -0.4 is 5.32 Å². The third-order valence-electron chi connectivity index (χ3n) is 4.41. The van der Waals surface area contributed by atoms with Crippen LogP contribution in [0.2, 0.25) is 0 Å². The van der Waals surface area contributed by atoms with Gasteiger partial charge in [-0.25, -0.2) is 8.42 Å². The molecule has 1 atom stereocenters. The fourth-order valence-corrected chi connectivity index (χ4v) is 4.12. The summed E-state index contributed by atoms with van der Waals surface area (Å²) in [6.45, 7) is 1.35. The lowest BCUT2D eigenvalue weighted by Crippen LogP contribution is -2.43. The second-order valence-electron chi connectivity index (χ2n) is 6.14. The van der Waals surface area contributed by atoms with E-state index in [2.05, 4.69) is 5.32 Å². The van der Waals surface area contributed by atoms with E-state index in [-0.39, 0.29) is 16.6 Å². The molecule has 1 aliphatic carbocycles. The smallest absolute Gasteiger partial charge is 0.269 e. The molecule has 1 amide bonds. The molecule has 0 aromatic heterocycles. The lowest BCUT2D eigenvalue weighted by molar-refractivity contribution is -0.384. The molecule has 0 saturated heterocycles. The number of rotatable bonds is 5. The maximum absolute atomic E-state index is 12.5. The molecular weight excluding hydrogens is 332 g/mol. The Bertz CT molecular complexity index is 692. The Morgan fingerprint density at radius 3 is 2.21 bits per heavy atom. The summed E-state index contributed by atoms with van der Waals surface area (Å²) in [5, 5.41) is 12.2. The summed E-state index contributed by atoms with van der Waals surface area (Å²) in [6.07, 6.45) is 6.10. The van der Waals surface area contributed by atoms with E-state index in [9.17, 15) is 23.3 Å². The molecule has 1 N–H and O–H groups in total. The monoisotopic (exact) mass is 354 g/mol. The van der Waals surface area contributed by atoms with Crippen molar-refractivity contribution >= 4 is 21.4 Å². The van der Waals surface area contributed by atoms with E-state index < -0.39 is 25.9 Å². The normalized spacial score (nSPS) is 17.7. The van der Waals surface area contributed by atoms with Gasteiger partial charge >= 0.3 is 0 Å². The number of sulfone groups is 1. The van der Waals surface area contributed by atoms with Gasteiger partial charge in [0.2, 0.25) is 5.91 Å². The van der Waals surface area contributed by atoms with Gasteiger partial charge in [-0.3, -0.25) is 14.9 Å². The molecule has 1 aromatic rings. The Kier molecular flexibility index (Phi) is 5.93. The SMILES string of the molecule is C[C@H](C(=O)NC1CCCCCC1)S(=O)(=O)c1ccc([N+](=O)[O-])cc1. The molecule has 1 aliphatic rings. The summed E-state index contributed by atoms with van der Waals surface area (Å²) >= 11 is 0. The van der Waals surface area contributed by atoms with Gasteiger partial charge < -0.3 is 5.32 Å². The number of amides is 1. The Labute approximate surface area is 141 Å². The quantitative estimate of drug-likeness (QED) is 0.497. The summed E-state index contributed by atoms with van der Waals surface area (Å²) in [7, 11) is -3.88. The second-order valence-corrected chi connectivity index (χ2v) is 8.40. The topological polar surface area (TPSA) is 106 Å². The van der Waals surface area contributed by atoms with Crippen LogP contribution in [0.25, 0.3) is 0 Å². The van der Waals surface area contributed by atoms with Crippen molar-refractivity contribution in [1.82, 2.24) is 5.32 Å². The summed E-state index contributed by atoms with van der Waals surface area (Å²) in [6, 6.07) is 4.62. The van der Waals surface area contributed by atoms with Crippen LogP contribution in [-0.4, -0.2) is 30.5 Å². The van der Waals surface area contributed by atoms with Crippen molar-refractivity contribution in [2.45, 2.75) is 61.6 Å². The number of carbonyl (C=O) groups is 1. The molecule has 1 saturated carbocycles. The molecule has 0 radical (unpaired) electrons. The Balaban J connectivity index is 2.09. The average Bonchev–Trinajstić information content (AvgIpc) is 2.82. The van der Waals surface area contributed by atoms with Crippen LogP contribution in [-0.2, 0) is 14.6 Å². The van der Waals surface area contributed by atoms with Gasteiger partial charge in [0.1, 0.15) is 5.25 Å². The third kappa shape index (κ3) is 4.31. The number of nitro benzene ring substituents is 1. The maximum atomic E-state index is 12.5. The van der Waals surface area contributed by atoms with Crippen LogP contribution in [0.5, 0.6) is 0 Å². The van der Waals surface area contributed by atoms with Gasteiger partial charge in [0.05, 0.1) is 9.82 Å². The van der Waals surface area contributed by atoms with E-state index in [1.807, 2.05) is 0 Å². The lowest BCUT2D eigenvalue weighted by Gasteiger charge is -2.19. The van der Waals surface area contributed by atoms with Crippen molar-refractivity contribution in [2.24, 2.45) is 0 Å². The minimum atomic E-state index is -3.88. The number of hydrogen-bond acceptors (Lipinski definition) is 5. The summed E-state index contributed by atoms with van der Waals surface area (Å²) < 4.78 is 25.1. The van der Waals surface area contributed by atoms with Gasteiger partial charge in [0.25, 0.3) is 5.69 Å². The van der Waals surface area contributed by atoms with E-state index in [0.29, 0.717) is 0 Å². The highest BCUT2D eigenvalue weighted by atomic mass is 32.2. The van der Waals surface area contributed by atoms with Crippen LogP contribution in [0.1, 0.15) is 45.4 Å². The molecule has 1 aromatic carbocycles. The van der Waals surface area contributed by atoms with E-state index >= 15 is 0 Å². The van der Waals surface area contributed by atoms with E-state index in [1.165, 1.54) is 19.1 Å². The predicted octanol–water partition coefficient (Wildman–Crippen LogP) is 2.60. The molecule has 2 rings (SSSR count). The largest absolute Gasteiger partial charge is 0.352 e. The predicted molar refractivity (Wildman–Crippen MR) is 89.4 cm³/mol. The molecule has 0 heterocycles. The van der Waals surface area contributed by atoms with Gasteiger partial charge in [0.15, 0.2) is 9.84 Å². The van der Waals surface area contributed by atoms with Crippen LogP contribution in [0.4, 0.5) is 5.69 Å². The van der Waals surface area contributed by atoms with Gasteiger partial charge in [-0.15, -0.1) is 0 Å². The van der Waals surface area contributed by atoms with Gasteiger partial charge in [-0.05, 0) is 31.9 Å². The first kappa shape index (κ1) is 18.4.